The number of nitrogens with one attached hydrogen (secondary N) is 1. The first-order valence-electron chi connectivity index (χ1n) is 7.55. The van der Waals surface area contributed by atoms with Crippen molar-refractivity contribution in [3.63, 3.8) is 0 Å². The Morgan fingerprint density at radius 3 is 2.54 bits per heavy atom. The molecule has 3 aromatic rings. The smallest absolute Gasteiger partial charge is 0.258 e. The van der Waals surface area contributed by atoms with Crippen LogP contribution in [0.2, 0.25) is 0 Å². The normalized spacial score (nSPS) is 10.7. The second-order valence-electron chi connectivity index (χ2n) is 5.66. The summed E-state index contributed by atoms with van der Waals surface area (Å²) >= 11 is 5.25. The van der Waals surface area contributed by atoms with Gasteiger partial charge in [0.05, 0.1) is 6.54 Å². The van der Waals surface area contributed by atoms with Gasteiger partial charge in [-0.05, 0) is 29.4 Å². The minimum atomic E-state index is -0.136. The van der Waals surface area contributed by atoms with Crippen LogP contribution in [0.25, 0.3) is 0 Å². The molecule has 0 saturated carbocycles. The number of rotatable bonds is 4. The average Bonchev–Trinajstić information content (AvgIpc) is 2.58. The summed E-state index contributed by atoms with van der Waals surface area (Å²) < 4.78 is 3.42. The number of benzene rings is 1. The molecule has 2 heterocycles. The molecule has 24 heavy (non-hydrogen) atoms. The van der Waals surface area contributed by atoms with Crippen molar-refractivity contribution < 1.29 is 0 Å². The molecule has 2 aromatic heterocycles. The second kappa shape index (κ2) is 6.80. The zero-order chi connectivity index (χ0) is 17.1. The Morgan fingerprint density at radius 1 is 1.08 bits per heavy atom. The van der Waals surface area contributed by atoms with Crippen molar-refractivity contribution in [1.29, 1.82) is 0 Å². The summed E-state index contributed by atoms with van der Waals surface area (Å²) in [6.45, 7) is 0.416. The van der Waals surface area contributed by atoms with Gasteiger partial charge in [-0.2, -0.15) is 0 Å². The maximum Gasteiger partial charge on any atom is 0.258 e. The molecule has 122 valence electrons. The number of hydrogen-bond acceptors (Lipinski definition) is 3. The molecule has 0 amide bonds. The third-order valence-corrected chi connectivity index (χ3v) is 4.22. The van der Waals surface area contributed by atoms with Crippen LogP contribution in [-0.4, -0.2) is 14.1 Å². The molecular weight excluding hydrogens is 322 g/mol. The number of aromatic nitrogens is 3. The van der Waals surface area contributed by atoms with Crippen LogP contribution in [-0.2, 0) is 20.0 Å². The van der Waals surface area contributed by atoms with E-state index < -0.39 is 0 Å². The maximum atomic E-state index is 12.7. The quantitative estimate of drug-likeness (QED) is 0.742. The van der Waals surface area contributed by atoms with Gasteiger partial charge in [0.25, 0.3) is 11.1 Å². The molecule has 0 atom stereocenters. The summed E-state index contributed by atoms with van der Waals surface area (Å²) in [5.74, 6) is 0. The van der Waals surface area contributed by atoms with E-state index in [1.165, 1.54) is 4.57 Å². The molecule has 0 aliphatic rings. The Balaban J connectivity index is 1.96. The molecule has 0 saturated heterocycles. The molecule has 0 aliphatic heterocycles. The lowest BCUT2D eigenvalue weighted by atomic mass is 10.1. The Bertz CT molecular complexity index is 1030. The first kappa shape index (κ1) is 16.1. The molecule has 0 spiro atoms. The lowest BCUT2D eigenvalue weighted by Crippen LogP contribution is -2.26. The molecule has 0 unspecified atom stereocenters. The Hall–Kier alpha value is -2.73. The third-order valence-electron chi connectivity index (χ3n) is 3.88. The minimum Gasteiger partial charge on any atom is -0.338 e. The van der Waals surface area contributed by atoms with E-state index >= 15 is 0 Å². The van der Waals surface area contributed by atoms with E-state index in [0.717, 1.165) is 11.1 Å². The molecule has 0 aliphatic carbocycles. The van der Waals surface area contributed by atoms with Gasteiger partial charge >= 0.3 is 0 Å². The van der Waals surface area contributed by atoms with Crippen LogP contribution < -0.4 is 11.1 Å². The summed E-state index contributed by atoms with van der Waals surface area (Å²) in [7, 11) is 1.69. The van der Waals surface area contributed by atoms with E-state index in [0.29, 0.717) is 23.3 Å². The van der Waals surface area contributed by atoms with E-state index in [-0.39, 0.29) is 11.1 Å². The summed E-state index contributed by atoms with van der Waals surface area (Å²) in [6.07, 6.45) is 3.71. The highest BCUT2D eigenvalue weighted by Crippen LogP contribution is 2.05. The monoisotopic (exact) mass is 339 g/mol. The lowest BCUT2D eigenvalue weighted by molar-refractivity contribution is 0.709. The van der Waals surface area contributed by atoms with Gasteiger partial charge in [0.2, 0.25) is 0 Å². The minimum absolute atomic E-state index is 0.0963. The van der Waals surface area contributed by atoms with E-state index in [2.05, 4.69) is 4.98 Å². The molecule has 0 bridgehead atoms. The van der Waals surface area contributed by atoms with Crippen LogP contribution in [0.15, 0.2) is 64.4 Å². The Morgan fingerprint density at radius 2 is 1.83 bits per heavy atom. The number of nitrogens with zero attached hydrogens (tertiary/aromatic N) is 2. The standard InChI is InChI=1S/C18H17N3O2S/c1-20-8-7-14(10-16(20)22)9-15-11-19-18(24)21(17(15)23)12-13-5-3-2-4-6-13/h2-8,10-11H,9,12H2,1H3,(H,19,24). The highest BCUT2D eigenvalue weighted by Gasteiger charge is 2.08. The van der Waals surface area contributed by atoms with Crippen molar-refractivity contribution in [1.82, 2.24) is 14.1 Å². The topological polar surface area (TPSA) is 59.8 Å². The largest absolute Gasteiger partial charge is 0.338 e. The van der Waals surface area contributed by atoms with E-state index in [1.54, 1.807) is 30.1 Å². The van der Waals surface area contributed by atoms with Crippen LogP contribution in [0.4, 0.5) is 0 Å². The summed E-state index contributed by atoms with van der Waals surface area (Å²) in [4.78, 5) is 27.4. The van der Waals surface area contributed by atoms with Gasteiger partial charge < -0.3 is 9.55 Å². The zero-order valence-electron chi connectivity index (χ0n) is 13.2. The predicted octanol–water partition coefficient (Wildman–Crippen LogP) is 2.24. The highest BCUT2D eigenvalue weighted by molar-refractivity contribution is 7.71. The molecule has 0 radical (unpaired) electrons. The van der Waals surface area contributed by atoms with E-state index in [4.69, 9.17) is 12.2 Å². The predicted molar refractivity (Wildman–Crippen MR) is 95.9 cm³/mol. The fourth-order valence-electron chi connectivity index (χ4n) is 2.51. The molecule has 3 rings (SSSR count). The van der Waals surface area contributed by atoms with Crippen molar-refractivity contribution in [3.8, 4) is 0 Å². The van der Waals surface area contributed by atoms with Gasteiger partial charge in [0.1, 0.15) is 0 Å². The lowest BCUT2D eigenvalue weighted by Gasteiger charge is -2.09. The van der Waals surface area contributed by atoms with Gasteiger partial charge in [0, 0.05) is 37.5 Å². The molecule has 6 heteroatoms. The number of aryl methyl sites for hydroxylation is 1. The maximum absolute atomic E-state index is 12.7. The third kappa shape index (κ3) is 3.44. The van der Waals surface area contributed by atoms with Gasteiger partial charge in [-0.25, -0.2) is 0 Å². The van der Waals surface area contributed by atoms with Gasteiger partial charge in [-0.15, -0.1) is 0 Å². The Labute approximate surface area is 143 Å². The fraction of sp³-hybridized carbons (Fsp3) is 0.167. The molecule has 1 N–H and O–H groups in total. The number of pyridine rings is 1. The van der Waals surface area contributed by atoms with Crippen molar-refractivity contribution in [3.05, 3.63) is 97.0 Å². The van der Waals surface area contributed by atoms with Crippen LogP contribution in [0, 0.1) is 4.77 Å². The Kier molecular flexibility index (Phi) is 4.57. The van der Waals surface area contributed by atoms with Crippen LogP contribution in [0.5, 0.6) is 0 Å². The first-order chi connectivity index (χ1) is 11.5. The average molecular weight is 339 g/mol. The summed E-state index contributed by atoms with van der Waals surface area (Å²) in [5, 5.41) is 0. The van der Waals surface area contributed by atoms with Crippen LogP contribution in [0.3, 0.4) is 0 Å². The van der Waals surface area contributed by atoms with Gasteiger partial charge in [0.15, 0.2) is 4.77 Å². The zero-order valence-corrected chi connectivity index (χ0v) is 14.0. The van der Waals surface area contributed by atoms with Crippen molar-refractivity contribution in [2.45, 2.75) is 13.0 Å². The van der Waals surface area contributed by atoms with Gasteiger partial charge in [-0.1, -0.05) is 30.3 Å². The van der Waals surface area contributed by atoms with Crippen molar-refractivity contribution in [2.24, 2.45) is 7.05 Å². The molecular formula is C18H17N3O2S. The first-order valence-corrected chi connectivity index (χ1v) is 7.96. The SMILES string of the molecule is Cn1ccc(Cc2c[nH]c(=S)n(Cc3ccccc3)c2=O)cc1=O. The van der Waals surface area contributed by atoms with Crippen LogP contribution in [0.1, 0.15) is 16.7 Å². The van der Waals surface area contributed by atoms with Crippen LogP contribution >= 0.6 is 12.2 Å². The molecule has 1 aromatic carbocycles. The van der Waals surface area contributed by atoms with Crippen molar-refractivity contribution in [2.75, 3.05) is 0 Å². The summed E-state index contributed by atoms with van der Waals surface area (Å²) in [5.41, 5.74) is 2.15. The molecule has 0 fully saturated rings. The number of H-pyrrole nitrogens is 1. The van der Waals surface area contributed by atoms with Gasteiger partial charge in [-0.3, -0.25) is 14.2 Å². The number of hydrogen-bond donors (Lipinski definition) is 1. The second-order valence-corrected chi connectivity index (χ2v) is 6.04. The van der Waals surface area contributed by atoms with Crippen molar-refractivity contribution >= 4 is 12.2 Å². The fourth-order valence-corrected chi connectivity index (χ4v) is 2.72. The number of aromatic amines is 1. The highest BCUT2D eigenvalue weighted by atomic mass is 32.1. The van der Waals surface area contributed by atoms with E-state index in [1.807, 2.05) is 36.4 Å². The summed E-state index contributed by atoms with van der Waals surface area (Å²) in [6, 6.07) is 13.1. The molecule has 5 nitrogen and oxygen atoms in total. The van der Waals surface area contributed by atoms with E-state index in [9.17, 15) is 9.59 Å².